The van der Waals surface area contributed by atoms with Gasteiger partial charge in [0, 0.05) is 0 Å². The Morgan fingerprint density at radius 1 is 1.67 bits per heavy atom. The minimum Gasteiger partial charge on any atom is -0.0996 e. The molecule has 0 aromatic rings. The summed E-state index contributed by atoms with van der Waals surface area (Å²) in [6, 6.07) is 0. The van der Waals surface area contributed by atoms with Crippen molar-refractivity contribution in [3.05, 3.63) is 12.2 Å². The van der Waals surface area contributed by atoms with Gasteiger partial charge >= 0.3 is 0 Å². The van der Waals surface area contributed by atoms with Crippen molar-refractivity contribution in [1.82, 2.24) is 0 Å². The number of rotatable bonds is 1. The van der Waals surface area contributed by atoms with Crippen LogP contribution in [0.5, 0.6) is 0 Å². The van der Waals surface area contributed by atoms with Gasteiger partial charge in [0.25, 0.3) is 0 Å². The van der Waals surface area contributed by atoms with Gasteiger partial charge in [0.1, 0.15) is 0 Å². The highest BCUT2D eigenvalue weighted by Crippen LogP contribution is 2.35. The molecule has 0 bridgehead atoms. The molecule has 2 unspecified atom stereocenters. The van der Waals surface area contributed by atoms with Crippen LogP contribution in [0.4, 0.5) is 0 Å². The highest BCUT2D eigenvalue weighted by atomic mass is 14.3. The molecule has 0 nitrogen and oxygen atoms in total. The van der Waals surface area contributed by atoms with Crippen molar-refractivity contribution in [2.45, 2.75) is 33.1 Å². The summed E-state index contributed by atoms with van der Waals surface area (Å²) >= 11 is 0. The second kappa shape index (κ2) is 2.55. The van der Waals surface area contributed by atoms with Crippen molar-refractivity contribution in [1.29, 1.82) is 0 Å². The smallest absolute Gasteiger partial charge is 0.0206 e. The molecule has 1 aliphatic carbocycles. The van der Waals surface area contributed by atoms with Crippen molar-refractivity contribution in [3.8, 4) is 0 Å². The molecule has 1 aliphatic rings. The van der Waals surface area contributed by atoms with Crippen LogP contribution in [0.2, 0.25) is 0 Å². The Kier molecular flexibility index (Phi) is 1.94. The minimum atomic E-state index is 0.847. The van der Waals surface area contributed by atoms with Crippen molar-refractivity contribution < 1.29 is 0 Å². The molecule has 2 atom stereocenters. The summed E-state index contributed by atoms with van der Waals surface area (Å²) in [5.41, 5.74) is 1.49. The van der Waals surface area contributed by atoms with Crippen LogP contribution in [0, 0.1) is 11.8 Å². The second-order valence-corrected chi connectivity index (χ2v) is 3.31. The number of allylic oxidation sites excluding steroid dienone is 1. The topological polar surface area (TPSA) is 0 Å². The lowest BCUT2D eigenvalue weighted by Crippen LogP contribution is -1.92. The average Bonchev–Trinajstić information content (AvgIpc) is 2.10. The van der Waals surface area contributed by atoms with Crippen LogP contribution in [-0.4, -0.2) is 0 Å². The highest BCUT2D eigenvalue weighted by Gasteiger charge is 2.22. The van der Waals surface area contributed by atoms with Gasteiger partial charge in [-0.1, -0.05) is 26.0 Å². The molecule has 0 amide bonds. The van der Waals surface area contributed by atoms with E-state index in [1.54, 1.807) is 0 Å². The summed E-state index contributed by atoms with van der Waals surface area (Å²) in [4.78, 5) is 0. The molecule has 1 saturated carbocycles. The fraction of sp³-hybridized carbons (Fsp3) is 0.778. The Balaban J connectivity index is 2.48. The molecule has 9 heavy (non-hydrogen) atoms. The maximum absolute atomic E-state index is 4.06. The average molecular weight is 124 g/mol. The molecule has 1 fully saturated rings. The fourth-order valence-corrected chi connectivity index (χ4v) is 1.81. The molecule has 0 heterocycles. The lowest BCUT2D eigenvalue weighted by Gasteiger charge is -2.04. The van der Waals surface area contributed by atoms with Gasteiger partial charge in [-0.2, -0.15) is 0 Å². The molecule has 0 heteroatoms. The van der Waals surface area contributed by atoms with E-state index < -0.39 is 0 Å². The van der Waals surface area contributed by atoms with Crippen LogP contribution >= 0.6 is 0 Å². The maximum atomic E-state index is 4.06. The second-order valence-electron chi connectivity index (χ2n) is 3.31. The van der Waals surface area contributed by atoms with Gasteiger partial charge in [0.2, 0.25) is 0 Å². The van der Waals surface area contributed by atoms with Crippen LogP contribution in [0.1, 0.15) is 33.1 Å². The zero-order chi connectivity index (χ0) is 6.85. The summed E-state index contributed by atoms with van der Waals surface area (Å²) in [5.74, 6) is 1.75. The predicted octanol–water partition coefficient (Wildman–Crippen LogP) is 3.00. The van der Waals surface area contributed by atoms with Gasteiger partial charge in [-0.05, 0) is 31.1 Å². The maximum Gasteiger partial charge on any atom is -0.0206 e. The van der Waals surface area contributed by atoms with E-state index in [9.17, 15) is 0 Å². The summed E-state index contributed by atoms with van der Waals surface area (Å²) in [7, 11) is 0. The number of hydrogen-bond acceptors (Lipinski definition) is 0. The Morgan fingerprint density at radius 2 is 2.33 bits per heavy atom. The lowest BCUT2D eigenvalue weighted by molar-refractivity contribution is 0.525. The van der Waals surface area contributed by atoms with E-state index in [1.807, 2.05) is 0 Å². The van der Waals surface area contributed by atoms with Gasteiger partial charge in [0.05, 0.1) is 0 Å². The largest absolute Gasteiger partial charge is 0.0996 e. The molecule has 0 saturated heterocycles. The van der Waals surface area contributed by atoms with E-state index in [1.165, 1.54) is 24.8 Å². The molecule has 52 valence electrons. The quantitative estimate of drug-likeness (QED) is 0.471. The first-order valence-electron chi connectivity index (χ1n) is 3.91. The summed E-state index contributed by atoms with van der Waals surface area (Å²) in [5, 5.41) is 0. The molecule has 0 N–H and O–H groups in total. The lowest BCUT2D eigenvalue weighted by atomic mass is 10.0. The van der Waals surface area contributed by atoms with E-state index in [4.69, 9.17) is 0 Å². The normalized spacial score (nSPS) is 35.6. The Bertz CT molecular complexity index is 113. The van der Waals surface area contributed by atoms with Crippen molar-refractivity contribution in [2.24, 2.45) is 11.8 Å². The van der Waals surface area contributed by atoms with Crippen LogP contribution < -0.4 is 0 Å². The Morgan fingerprint density at radius 3 is 2.56 bits per heavy atom. The van der Waals surface area contributed by atoms with Crippen LogP contribution in [0.3, 0.4) is 0 Å². The molecule has 0 radical (unpaired) electrons. The van der Waals surface area contributed by atoms with Crippen molar-refractivity contribution >= 4 is 0 Å². The van der Waals surface area contributed by atoms with Crippen LogP contribution in [0.15, 0.2) is 12.2 Å². The molecule has 0 aromatic heterocycles. The van der Waals surface area contributed by atoms with Gasteiger partial charge in [0.15, 0.2) is 0 Å². The third-order valence-corrected chi connectivity index (χ3v) is 2.37. The molecule has 0 aliphatic heterocycles. The first-order chi connectivity index (χ1) is 4.24. The molecular weight excluding hydrogens is 108 g/mol. The zero-order valence-electron chi connectivity index (χ0n) is 6.48. The first-order valence-corrected chi connectivity index (χ1v) is 3.91. The van der Waals surface area contributed by atoms with Gasteiger partial charge in [-0.25, -0.2) is 0 Å². The standard InChI is InChI=1S/C9H16/c1-4-9-6-7(2)5-8(9)3/h7,9H,3-6H2,1-2H3. The predicted molar refractivity (Wildman–Crippen MR) is 41.3 cm³/mol. The summed E-state index contributed by atoms with van der Waals surface area (Å²) in [6.45, 7) is 8.63. The van der Waals surface area contributed by atoms with E-state index in [-0.39, 0.29) is 0 Å². The fourth-order valence-electron chi connectivity index (χ4n) is 1.81. The zero-order valence-corrected chi connectivity index (χ0v) is 6.48. The van der Waals surface area contributed by atoms with Crippen LogP contribution in [0.25, 0.3) is 0 Å². The van der Waals surface area contributed by atoms with Crippen molar-refractivity contribution in [3.63, 3.8) is 0 Å². The van der Waals surface area contributed by atoms with E-state index >= 15 is 0 Å². The molecular formula is C9H16. The highest BCUT2D eigenvalue weighted by molar-refractivity contribution is 5.07. The molecule has 0 spiro atoms. The minimum absolute atomic E-state index is 0.847. The van der Waals surface area contributed by atoms with Crippen LogP contribution in [-0.2, 0) is 0 Å². The summed E-state index contributed by atoms with van der Waals surface area (Å²) in [6.07, 6.45) is 3.96. The summed E-state index contributed by atoms with van der Waals surface area (Å²) < 4.78 is 0. The molecule has 1 rings (SSSR count). The molecule has 0 aromatic carbocycles. The first kappa shape index (κ1) is 6.85. The van der Waals surface area contributed by atoms with Gasteiger partial charge in [-0.15, -0.1) is 0 Å². The van der Waals surface area contributed by atoms with Gasteiger partial charge in [-0.3, -0.25) is 0 Å². The van der Waals surface area contributed by atoms with Gasteiger partial charge < -0.3 is 0 Å². The third-order valence-electron chi connectivity index (χ3n) is 2.37. The van der Waals surface area contributed by atoms with E-state index in [0.717, 1.165) is 11.8 Å². The number of hydrogen-bond donors (Lipinski definition) is 0. The van der Waals surface area contributed by atoms with Crippen molar-refractivity contribution in [2.75, 3.05) is 0 Å². The van der Waals surface area contributed by atoms with E-state index in [2.05, 4.69) is 20.4 Å². The Hall–Kier alpha value is -0.260. The monoisotopic (exact) mass is 124 g/mol. The third kappa shape index (κ3) is 1.35. The Labute approximate surface area is 58.0 Å². The SMILES string of the molecule is C=C1CC(C)CC1CC. The van der Waals surface area contributed by atoms with E-state index in [0.29, 0.717) is 0 Å².